The van der Waals surface area contributed by atoms with E-state index in [0.29, 0.717) is 16.0 Å². The molecule has 2 heterocycles. The van der Waals surface area contributed by atoms with E-state index >= 15 is 0 Å². The molecule has 1 amide bonds. The minimum atomic E-state index is -0.215. The Balaban J connectivity index is 1.98. The first-order valence-electron chi connectivity index (χ1n) is 4.41. The highest BCUT2D eigenvalue weighted by atomic mass is 79.9. The van der Waals surface area contributed by atoms with Crippen molar-refractivity contribution in [1.29, 1.82) is 0 Å². The molecule has 0 saturated carbocycles. The molecule has 0 unspecified atom stereocenters. The quantitative estimate of drug-likeness (QED) is 0.855. The summed E-state index contributed by atoms with van der Waals surface area (Å²) in [6.45, 7) is 0.231. The molecular weight excluding hydrogens is 276 g/mol. The van der Waals surface area contributed by atoms with Crippen LogP contribution in [0.2, 0.25) is 0 Å². The summed E-state index contributed by atoms with van der Waals surface area (Å²) in [5.74, 6) is 0.217. The molecule has 0 spiro atoms. The normalized spacial score (nSPS) is 10.1. The molecular formula is C9H7BrN4O2. The van der Waals surface area contributed by atoms with Gasteiger partial charge in [-0.2, -0.15) is 4.98 Å². The van der Waals surface area contributed by atoms with E-state index in [9.17, 15) is 4.79 Å². The largest absolute Gasteiger partial charge is 0.345 e. The maximum atomic E-state index is 11.6. The van der Waals surface area contributed by atoms with Crippen LogP contribution in [-0.2, 0) is 6.54 Å². The molecule has 0 bridgehead atoms. The number of pyridine rings is 1. The van der Waals surface area contributed by atoms with Gasteiger partial charge in [0.1, 0.15) is 4.60 Å². The summed E-state index contributed by atoms with van der Waals surface area (Å²) in [6.07, 6.45) is 2.76. The average molecular weight is 283 g/mol. The summed E-state index contributed by atoms with van der Waals surface area (Å²) >= 11 is 3.19. The zero-order chi connectivity index (χ0) is 11.4. The van der Waals surface area contributed by atoms with Gasteiger partial charge < -0.3 is 9.84 Å². The Morgan fingerprint density at radius 2 is 2.38 bits per heavy atom. The molecule has 0 aromatic carbocycles. The topological polar surface area (TPSA) is 80.9 Å². The van der Waals surface area contributed by atoms with E-state index in [1.165, 1.54) is 6.39 Å². The summed E-state index contributed by atoms with van der Waals surface area (Å²) < 4.78 is 5.15. The van der Waals surface area contributed by atoms with Crippen molar-refractivity contribution < 1.29 is 9.32 Å². The van der Waals surface area contributed by atoms with Crippen molar-refractivity contribution >= 4 is 21.8 Å². The second-order valence-corrected chi connectivity index (χ2v) is 3.71. The van der Waals surface area contributed by atoms with Crippen molar-refractivity contribution in [1.82, 2.24) is 20.4 Å². The Hall–Kier alpha value is -1.76. The third-order valence-corrected chi connectivity index (χ3v) is 2.24. The first kappa shape index (κ1) is 10.7. The van der Waals surface area contributed by atoms with Crippen LogP contribution in [0.4, 0.5) is 0 Å². The number of carbonyl (C=O) groups is 1. The molecule has 0 aliphatic heterocycles. The summed E-state index contributed by atoms with van der Waals surface area (Å²) in [5, 5.41) is 6.23. The maximum Gasteiger partial charge on any atom is 0.251 e. The Kier molecular flexibility index (Phi) is 3.25. The van der Waals surface area contributed by atoms with Gasteiger partial charge in [-0.1, -0.05) is 5.16 Å². The number of nitrogens with zero attached hydrogens (tertiary/aromatic N) is 3. The minimum Gasteiger partial charge on any atom is -0.345 e. The first-order valence-corrected chi connectivity index (χ1v) is 5.20. The fourth-order valence-corrected chi connectivity index (χ4v) is 1.44. The molecule has 0 aliphatic carbocycles. The van der Waals surface area contributed by atoms with E-state index in [2.05, 4.69) is 40.9 Å². The zero-order valence-corrected chi connectivity index (χ0v) is 9.64. The standard InChI is InChI=1S/C9H7BrN4O2/c10-7-3-6(1-2-11-7)9(15)12-4-8-13-5-16-14-8/h1-3,5H,4H2,(H,12,15). The van der Waals surface area contributed by atoms with Gasteiger partial charge >= 0.3 is 0 Å². The number of rotatable bonds is 3. The highest BCUT2D eigenvalue weighted by Gasteiger charge is 2.07. The second-order valence-electron chi connectivity index (χ2n) is 2.90. The molecule has 0 aliphatic rings. The lowest BCUT2D eigenvalue weighted by Crippen LogP contribution is -2.23. The molecule has 6 nitrogen and oxygen atoms in total. The molecule has 7 heteroatoms. The molecule has 16 heavy (non-hydrogen) atoms. The molecule has 1 N–H and O–H groups in total. The highest BCUT2D eigenvalue weighted by Crippen LogP contribution is 2.07. The molecule has 0 fully saturated rings. The van der Waals surface area contributed by atoms with Crippen LogP contribution >= 0.6 is 15.9 Å². The van der Waals surface area contributed by atoms with Gasteiger partial charge in [0.15, 0.2) is 5.82 Å². The number of hydrogen-bond acceptors (Lipinski definition) is 5. The van der Waals surface area contributed by atoms with Crippen LogP contribution < -0.4 is 5.32 Å². The van der Waals surface area contributed by atoms with E-state index in [1.54, 1.807) is 18.3 Å². The Labute approximate surface area is 99.2 Å². The summed E-state index contributed by atoms with van der Waals surface area (Å²) in [5.41, 5.74) is 0.519. The Morgan fingerprint density at radius 3 is 3.06 bits per heavy atom. The third kappa shape index (κ3) is 2.63. The van der Waals surface area contributed by atoms with Crippen LogP contribution in [0.1, 0.15) is 16.2 Å². The van der Waals surface area contributed by atoms with Gasteiger partial charge in [0.2, 0.25) is 6.39 Å². The molecule has 82 valence electrons. The molecule has 0 atom stereocenters. The Bertz CT molecular complexity index is 486. The molecule has 2 aromatic rings. The van der Waals surface area contributed by atoms with Crippen LogP contribution in [0.15, 0.2) is 33.8 Å². The second kappa shape index (κ2) is 4.84. The van der Waals surface area contributed by atoms with E-state index in [0.717, 1.165) is 0 Å². The van der Waals surface area contributed by atoms with Crippen molar-refractivity contribution in [2.45, 2.75) is 6.54 Å². The SMILES string of the molecule is O=C(NCc1ncon1)c1ccnc(Br)c1. The van der Waals surface area contributed by atoms with Crippen LogP contribution in [0.5, 0.6) is 0 Å². The molecule has 2 aromatic heterocycles. The third-order valence-electron chi connectivity index (χ3n) is 1.80. The van der Waals surface area contributed by atoms with Gasteiger partial charge in [0.05, 0.1) is 6.54 Å². The maximum absolute atomic E-state index is 11.6. The summed E-state index contributed by atoms with van der Waals surface area (Å²) in [6, 6.07) is 3.25. The van der Waals surface area contributed by atoms with Crippen LogP contribution in [0.3, 0.4) is 0 Å². The first-order chi connectivity index (χ1) is 7.75. The van der Waals surface area contributed by atoms with Crippen molar-refractivity contribution in [3.63, 3.8) is 0 Å². The molecule has 2 rings (SSSR count). The highest BCUT2D eigenvalue weighted by molar-refractivity contribution is 9.10. The number of carbonyl (C=O) groups excluding carboxylic acids is 1. The van der Waals surface area contributed by atoms with Gasteiger partial charge in [0.25, 0.3) is 5.91 Å². The summed E-state index contributed by atoms with van der Waals surface area (Å²) in [4.78, 5) is 19.4. The van der Waals surface area contributed by atoms with E-state index in [4.69, 9.17) is 0 Å². The minimum absolute atomic E-state index is 0.215. The van der Waals surface area contributed by atoms with Crippen LogP contribution in [0, 0.1) is 0 Å². The number of nitrogens with one attached hydrogen (secondary N) is 1. The zero-order valence-electron chi connectivity index (χ0n) is 8.05. The number of halogens is 1. The lowest BCUT2D eigenvalue weighted by Gasteiger charge is -2.02. The number of hydrogen-bond donors (Lipinski definition) is 1. The van der Waals surface area contributed by atoms with Crippen molar-refractivity contribution in [3.05, 3.63) is 40.7 Å². The van der Waals surface area contributed by atoms with Crippen LogP contribution in [-0.4, -0.2) is 21.0 Å². The number of aromatic nitrogens is 3. The molecule has 0 saturated heterocycles. The van der Waals surface area contributed by atoms with Gasteiger partial charge in [-0.05, 0) is 28.1 Å². The molecule has 0 radical (unpaired) electrons. The van der Waals surface area contributed by atoms with Crippen molar-refractivity contribution in [2.24, 2.45) is 0 Å². The fraction of sp³-hybridized carbons (Fsp3) is 0.111. The predicted molar refractivity (Wildman–Crippen MR) is 57.4 cm³/mol. The fourth-order valence-electron chi connectivity index (χ4n) is 1.08. The average Bonchev–Trinajstić information content (AvgIpc) is 2.78. The van der Waals surface area contributed by atoms with Crippen molar-refractivity contribution in [3.8, 4) is 0 Å². The van der Waals surface area contributed by atoms with Gasteiger partial charge in [-0.25, -0.2) is 4.98 Å². The van der Waals surface area contributed by atoms with Crippen LogP contribution in [0.25, 0.3) is 0 Å². The Morgan fingerprint density at radius 1 is 1.50 bits per heavy atom. The smallest absolute Gasteiger partial charge is 0.251 e. The van der Waals surface area contributed by atoms with Gasteiger partial charge in [-0.3, -0.25) is 4.79 Å². The summed E-state index contributed by atoms with van der Waals surface area (Å²) in [7, 11) is 0. The van der Waals surface area contributed by atoms with E-state index < -0.39 is 0 Å². The monoisotopic (exact) mass is 282 g/mol. The van der Waals surface area contributed by atoms with Gasteiger partial charge in [-0.15, -0.1) is 0 Å². The van der Waals surface area contributed by atoms with Gasteiger partial charge in [0, 0.05) is 11.8 Å². The lowest BCUT2D eigenvalue weighted by molar-refractivity contribution is 0.0949. The van der Waals surface area contributed by atoms with E-state index in [-0.39, 0.29) is 12.5 Å². The predicted octanol–water partition coefficient (Wildman–Crippen LogP) is 1.16. The van der Waals surface area contributed by atoms with E-state index in [1.807, 2.05) is 0 Å². The lowest BCUT2D eigenvalue weighted by atomic mass is 10.2. The number of amides is 1. The van der Waals surface area contributed by atoms with Crippen molar-refractivity contribution in [2.75, 3.05) is 0 Å².